The number of nitrogens with one attached hydrogen (secondary N) is 2. The lowest BCUT2D eigenvalue weighted by Crippen LogP contribution is -2.44. The van der Waals surface area contributed by atoms with E-state index >= 15 is 0 Å². The summed E-state index contributed by atoms with van der Waals surface area (Å²) >= 11 is 0. The molecule has 0 bridgehead atoms. The monoisotopic (exact) mass is 361 g/mol. The summed E-state index contributed by atoms with van der Waals surface area (Å²) in [5.74, 6) is 0.649. The van der Waals surface area contributed by atoms with Gasteiger partial charge in [0.05, 0.1) is 19.1 Å². The predicted molar refractivity (Wildman–Crippen MR) is 107 cm³/mol. The van der Waals surface area contributed by atoms with Crippen LogP contribution in [0.15, 0.2) is 24.3 Å². The van der Waals surface area contributed by atoms with Gasteiger partial charge in [0.15, 0.2) is 0 Å². The number of rotatable bonds is 10. The van der Waals surface area contributed by atoms with Gasteiger partial charge >= 0.3 is 0 Å². The summed E-state index contributed by atoms with van der Waals surface area (Å²) in [5.41, 5.74) is 2.41. The molecule has 0 spiro atoms. The van der Waals surface area contributed by atoms with Gasteiger partial charge < -0.3 is 10.6 Å². The summed E-state index contributed by atoms with van der Waals surface area (Å²) in [5, 5.41) is 5.76. The first kappa shape index (κ1) is 22.2. The van der Waals surface area contributed by atoms with Gasteiger partial charge in [-0.25, -0.2) is 0 Å². The number of nitrogens with zero attached hydrogens (tertiary/aromatic N) is 1. The van der Waals surface area contributed by atoms with E-state index in [1.807, 2.05) is 11.8 Å². The quantitative estimate of drug-likeness (QED) is 0.673. The second-order valence-corrected chi connectivity index (χ2v) is 7.49. The van der Waals surface area contributed by atoms with Gasteiger partial charge in [0.1, 0.15) is 0 Å². The molecule has 0 aromatic heterocycles. The van der Waals surface area contributed by atoms with E-state index in [0.29, 0.717) is 5.92 Å². The molecular formula is C21H35N3O2. The number of likely N-dealkylation sites (N-methyl/N-ethyl adjacent to an activating group) is 1. The Morgan fingerprint density at radius 2 is 1.50 bits per heavy atom. The summed E-state index contributed by atoms with van der Waals surface area (Å²) in [6.45, 7) is 11.8. The maximum atomic E-state index is 12.6. The number of amides is 2. The Morgan fingerprint density at radius 1 is 0.962 bits per heavy atom. The third kappa shape index (κ3) is 7.16. The molecule has 0 saturated heterocycles. The summed E-state index contributed by atoms with van der Waals surface area (Å²) in [6, 6.07) is 8.45. The van der Waals surface area contributed by atoms with E-state index in [9.17, 15) is 9.59 Å². The van der Waals surface area contributed by atoms with Crippen LogP contribution in [0.4, 0.5) is 0 Å². The number of hydrogen-bond donors (Lipinski definition) is 2. The maximum absolute atomic E-state index is 12.6. The molecule has 0 saturated carbocycles. The van der Waals surface area contributed by atoms with E-state index in [4.69, 9.17) is 0 Å². The first-order valence-electron chi connectivity index (χ1n) is 9.60. The molecule has 1 rings (SSSR count). The van der Waals surface area contributed by atoms with Crippen molar-refractivity contribution in [2.75, 3.05) is 26.7 Å². The van der Waals surface area contributed by atoms with Crippen molar-refractivity contribution in [3.05, 3.63) is 35.4 Å². The summed E-state index contributed by atoms with van der Waals surface area (Å²) in [7, 11) is 1.61. The average molecular weight is 362 g/mol. The smallest absolute Gasteiger partial charge is 0.234 e. The molecule has 1 aromatic rings. The van der Waals surface area contributed by atoms with Crippen LogP contribution >= 0.6 is 0 Å². The van der Waals surface area contributed by atoms with Crippen molar-refractivity contribution in [1.82, 2.24) is 15.5 Å². The van der Waals surface area contributed by atoms with Crippen molar-refractivity contribution in [2.45, 2.75) is 53.0 Å². The Morgan fingerprint density at radius 3 is 1.96 bits per heavy atom. The Balaban J connectivity index is 2.78. The fourth-order valence-electron chi connectivity index (χ4n) is 2.96. The molecule has 1 atom stereocenters. The van der Waals surface area contributed by atoms with Crippen LogP contribution in [-0.4, -0.2) is 43.4 Å². The van der Waals surface area contributed by atoms with Crippen molar-refractivity contribution in [1.29, 1.82) is 0 Å². The van der Waals surface area contributed by atoms with Gasteiger partial charge in [0.2, 0.25) is 11.8 Å². The molecule has 5 nitrogen and oxygen atoms in total. The summed E-state index contributed by atoms with van der Waals surface area (Å²) in [6.07, 6.45) is 0.897. The molecule has 0 heterocycles. The lowest BCUT2D eigenvalue weighted by atomic mass is 9.93. The third-order valence-electron chi connectivity index (χ3n) is 4.50. The van der Waals surface area contributed by atoms with Gasteiger partial charge in [0.25, 0.3) is 0 Å². The minimum Gasteiger partial charge on any atom is -0.358 e. The second-order valence-electron chi connectivity index (χ2n) is 7.49. The van der Waals surface area contributed by atoms with Gasteiger partial charge in [0, 0.05) is 7.05 Å². The average Bonchev–Trinajstić information content (AvgIpc) is 2.59. The van der Waals surface area contributed by atoms with E-state index in [0.717, 1.165) is 18.5 Å². The molecule has 0 aliphatic carbocycles. The zero-order chi connectivity index (χ0) is 19.7. The van der Waals surface area contributed by atoms with E-state index < -0.39 is 0 Å². The fourth-order valence-corrected chi connectivity index (χ4v) is 2.96. The first-order chi connectivity index (χ1) is 12.3. The van der Waals surface area contributed by atoms with Crippen LogP contribution in [0.5, 0.6) is 0 Å². The van der Waals surface area contributed by atoms with Crippen LogP contribution < -0.4 is 10.6 Å². The Bertz CT molecular complexity index is 567. The molecule has 146 valence electrons. The van der Waals surface area contributed by atoms with E-state index in [2.05, 4.69) is 62.6 Å². The standard InChI is InChI=1S/C21H35N3O2/c1-7-12-24(13-19(25)22-6)14-20(26)23-21(16(4)5)18-10-8-17(9-11-18)15(2)3/h8-11,15-16,21H,7,12-14H2,1-6H3,(H,22,25)(H,23,26). The molecule has 26 heavy (non-hydrogen) atoms. The molecule has 0 fully saturated rings. The lowest BCUT2D eigenvalue weighted by Gasteiger charge is -2.26. The van der Waals surface area contributed by atoms with Crippen LogP contribution in [0.3, 0.4) is 0 Å². The third-order valence-corrected chi connectivity index (χ3v) is 4.50. The van der Waals surface area contributed by atoms with Crippen LogP contribution in [0, 0.1) is 5.92 Å². The molecule has 2 N–H and O–H groups in total. The highest BCUT2D eigenvalue weighted by Gasteiger charge is 2.20. The Labute approximate surface area is 158 Å². The summed E-state index contributed by atoms with van der Waals surface area (Å²) < 4.78 is 0. The highest BCUT2D eigenvalue weighted by atomic mass is 16.2. The first-order valence-corrected chi connectivity index (χ1v) is 9.60. The zero-order valence-electron chi connectivity index (χ0n) is 17.1. The molecular weight excluding hydrogens is 326 g/mol. The van der Waals surface area contributed by atoms with Crippen molar-refractivity contribution < 1.29 is 9.59 Å². The van der Waals surface area contributed by atoms with Gasteiger partial charge in [-0.15, -0.1) is 0 Å². The topological polar surface area (TPSA) is 61.4 Å². The van der Waals surface area contributed by atoms with E-state index in [1.54, 1.807) is 7.05 Å². The predicted octanol–water partition coefficient (Wildman–Crippen LogP) is 3.08. The number of carbonyl (C=O) groups excluding carboxylic acids is 2. The highest BCUT2D eigenvalue weighted by Crippen LogP contribution is 2.24. The normalized spacial score (nSPS) is 12.5. The molecule has 5 heteroatoms. The van der Waals surface area contributed by atoms with Gasteiger partial charge in [-0.3, -0.25) is 14.5 Å². The molecule has 1 aromatic carbocycles. The number of benzene rings is 1. The molecule has 0 aliphatic heterocycles. The number of carbonyl (C=O) groups is 2. The second kappa shape index (κ2) is 11.0. The van der Waals surface area contributed by atoms with Crippen molar-refractivity contribution in [3.63, 3.8) is 0 Å². The molecule has 2 amide bonds. The molecule has 0 aliphatic rings. The van der Waals surface area contributed by atoms with Crippen molar-refractivity contribution in [3.8, 4) is 0 Å². The maximum Gasteiger partial charge on any atom is 0.234 e. The van der Waals surface area contributed by atoms with Crippen molar-refractivity contribution >= 4 is 11.8 Å². The zero-order valence-corrected chi connectivity index (χ0v) is 17.1. The molecule has 1 unspecified atom stereocenters. The van der Waals surface area contributed by atoms with E-state index in [-0.39, 0.29) is 36.9 Å². The van der Waals surface area contributed by atoms with Crippen LogP contribution in [0.1, 0.15) is 64.1 Å². The van der Waals surface area contributed by atoms with Gasteiger partial charge in [-0.05, 0) is 35.9 Å². The SMILES string of the molecule is CCCN(CC(=O)NC)CC(=O)NC(c1ccc(C(C)C)cc1)C(C)C. The highest BCUT2D eigenvalue weighted by molar-refractivity contribution is 5.81. The van der Waals surface area contributed by atoms with Crippen LogP contribution in [-0.2, 0) is 9.59 Å². The fraction of sp³-hybridized carbons (Fsp3) is 0.619. The van der Waals surface area contributed by atoms with E-state index in [1.165, 1.54) is 5.56 Å². The lowest BCUT2D eigenvalue weighted by molar-refractivity contribution is -0.125. The Hall–Kier alpha value is -1.88. The summed E-state index contributed by atoms with van der Waals surface area (Å²) in [4.78, 5) is 26.1. The number of hydrogen-bond acceptors (Lipinski definition) is 3. The van der Waals surface area contributed by atoms with Crippen LogP contribution in [0.25, 0.3) is 0 Å². The largest absolute Gasteiger partial charge is 0.358 e. The van der Waals surface area contributed by atoms with Gasteiger partial charge in [-0.2, -0.15) is 0 Å². The Kier molecular flexibility index (Phi) is 9.35. The van der Waals surface area contributed by atoms with Gasteiger partial charge in [-0.1, -0.05) is 58.9 Å². The minimum absolute atomic E-state index is 0.0350. The molecule has 0 radical (unpaired) electrons. The minimum atomic E-state index is -0.0732. The van der Waals surface area contributed by atoms with Crippen molar-refractivity contribution in [2.24, 2.45) is 5.92 Å². The van der Waals surface area contributed by atoms with Crippen LogP contribution in [0.2, 0.25) is 0 Å².